The minimum Gasteiger partial charge on any atom is -0.381 e. The summed E-state index contributed by atoms with van der Waals surface area (Å²) in [6, 6.07) is 10.3. The maximum atomic E-state index is 5.85. The van der Waals surface area contributed by atoms with Crippen LogP contribution in [0, 0.1) is 0 Å². The molecule has 0 aliphatic carbocycles. The first kappa shape index (κ1) is 20.2. The summed E-state index contributed by atoms with van der Waals surface area (Å²) in [7, 11) is 1.79. The van der Waals surface area contributed by atoms with Gasteiger partial charge in [0.25, 0.3) is 0 Å². The average molecular weight is 433 g/mol. The number of hydrogen-bond donors (Lipinski definition) is 2. The number of halogens is 1. The largest absolute Gasteiger partial charge is 0.381 e. The molecule has 0 atom stereocenters. The molecule has 0 aromatic heterocycles. The molecule has 1 heterocycles. The Bertz CT molecular complexity index is 437. The van der Waals surface area contributed by atoms with E-state index in [-0.39, 0.29) is 24.0 Å². The van der Waals surface area contributed by atoms with E-state index in [1.807, 2.05) is 18.2 Å². The van der Waals surface area contributed by atoms with Gasteiger partial charge in [0, 0.05) is 40.0 Å². The van der Waals surface area contributed by atoms with Crippen molar-refractivity contribution in [2.24, 2.45) is 4.99 Å². The van der Waals surface area contributed by atoms with Gasteiger partial charge in [-0.2, -0.15) is 0 Å². The second-order valence-corrected chi connectivity index (χ2v) is 5.37. The number of benzene rings is 1. The minimum absolute atomic E-state index is 0. The first-order valence-electron chi connectivity index (χ1n) is 8.06. The summed E-state index contributed by atoms with van der Waals surface area (Å²) in [6.07, 6.45) is 3.40. The third-order valence-electron chi connectivity index (χ3n) is 3.66. The molecular weight excluding hydrogens is 405 g/mol. The van der Waals surface area contributed by atoms with E-state index in [0.717, 1.165) is 58.1 Å². The highest BCUT2D eigenvalue weighted by Crippen LogP contribution is 2.10. The lowest BCUT2D eigenvalue weighted by atomic mass is 10.1. The van der Waals surface area contributed by atoms with Crippen molar-refractivity contribution in [2.45, 2.75) is 31.9 Å². The number of nitrogens with zero attached hydrogens (tertiary/aromatic N) is 1. The monoisotopic (exact) mass is 433 g/mol. The number of ether oxygens (including phenoxy) is 2. The van der Waals surface area contributed by atoms with Gasteiger partial charge in [-0.15, -0.1) is 24.0 Å². The second kappa shape index (κ2) is 12.5. The van der Waals surface area contributed by atoms with Crippen LogP contribution in [0.5, 0.6) is 0 Å². The molecule has 1 aliphatic heterocycles. The van der Waals surface area contributed by atoms with Crippen LogP contribution in [0.4, 0.5) is 0 Å². The maximum absolute atomic E-state index is 5.85. The lowest BCUT2D eigenvalue weighted by Gasteiger charge is -2.22. The van der Waals surface area contributed by atoms with Crippen molar-refractivity contribution < 1.29 is 9.47 Å². The highest BCUT2D eigenvalue weighted by molar-refractivity contribution is 14.0. The zero-order valence-corrected chi connectivity index (χ0v) is 16.1. The highest BCUT2D eigenvalue weighted by atomic mass is 127. The molecule has 5 nitrogen and oxygen atoms in total. The summed E-state index contributed by atoms with van der Waals surface area (Å²) in [5, 5.41) is 6.62. The van der Waals surface area contributed by atoms with Crippen molar-refractivity contribution in [1.82, 2.24) is 10.6 Å². The van der Waals surface area contributed by atoms with Crippen LogP contribution in [-0.2, 0) is 16.0 Å². The van der Waals surface area contributed by atoms with Gasteiger partial charge >= 0.3 is 0 Å². The van der Waals surface area contributed by atoms with E-state index in [1.54, 1.807) is 7.05 Å². The van der Waals surface area contributed by atoms with Gasteiger partial charge in [-0.25, -0.2) is 0 Å². The number of nitrogens with one attached hydrogen (secondary N) is 2. The third-order valence-corrected chi connectivity index (χ3v) is 3.66. The van der Waals surface area contributed by atoms with Crippen molar-refractivity contribution >= 4 is 29.9 Å². The Morgan fingerprint density at radius 3 is 2.65 bits per heavy atom. The van der Waals surface area contributed by atoms with Gasteiger partial charge in [-0.05, 0) is 24.8 Å². The van der Waals surface area contributed by atoms with Gasteiger partial charge < -0.3 is 20.1 Å². The molecular formula is C17H28IN3O2. The van der Waals surface area contributed by atoms with Crippen LogP contribution >= 0.6 is 24.0 Å². The van der Waals surface area contributed by atoms with Crippen LogP contribution < -0.4 is 10.6 Å². The van der Waals surface area contributed by atoms with Crippen LogP contribution in [-0.4, -0.2) is 45.5 Å². The predicted molar refractivity (Wildman–Crippen MR) is 104 cm³/mol. The molecule has 1 fully saturated rings. The quantitative estimate of drug-likeness (QED) is 0.301. The molecule has 0 unspecified atom stereocenters. The number of hydrogen-bond acceptors (Lipinski definition) is 3. The fourth-order valence-electron chi connectivity index (χ4n) is 2.37. The zero-order chi connectivity index (χ0) is 15.5. The molecule has 2 N–H and O–H groups in total. The molecule has 2 rings (SSSR count). The second-order valence-electron chi connectivity index (χ2n) is 5.37. The molecule has 0 amide bonds. The topological polar surface area (TPSA) is 54.9 Å². The van der Waals surface area contributed by atoms with Crippen molar-refractivity contribution in [3.8, 4) is 0 Å². The molecule has 0 bridgehead atoms. The van der Waals surface area contributed by atoms with E-state index in [9.17, 15) is 0 Å². The Morgan fingerprint density at radius 1 is 1.22 bits per heavy atom. The Kier molecular flexibility index (Phi) is 11.0. The third kappa shape index (κ3) is 8.53. The Hall–Kier alpha value is -0.860. The average Bonchev–Trinajstić information content (AvgIpc) is 2.59. The maximum Gasteiger partial charge on any atom is 0.191 e. The Balaban J connectivity index is 0.00000264. The highest BCUT2D eigenvalue weighted by Gasteiger charge is 2.13. The molecule has 1 aromatic carbocycles. The fourth-order valence-corrected chi connectivity index (χ4v) is 2.37. The van der Waals surface area contributed by atoms with Gasteiger partial charge in [0.15, 0.2) is 5.96 Å². The van der Waals surface area contributed by atoms with Gasteiger partial charge in [-0.1, -0.05) is 30.3 Å². The van der Waals surface area contributed by atoms with Crippen LogP contribution in [0.2, 0.25) is 0 Å². The molecule has 23 heavy (non-hydrogen) atoms. The first-order chi connectivity index (χ1) is 10.9. The first-order valence-corrected chi connectivity index (χ1v) is 8.06. The lowest BCUT2D eigenvalue weighted by molar-refractivity contribution is -0.0320. The van der Waals surface area contributed by atoms with E-state index in [1.165, 1.54) is 5.56 Å². The van der Waals surface area contributed by atoms with Crippen molar-refractivity contribution in [1.29, 1.82) is 0 Å². The summed E-state index contributed by atoms with van der Waals surface area (Å²) < 4.78 is 11.2. The molecule has 1 aliphatic rings. The SMILES string of the molecule is CN=C(NCCCOC1CCOCC1)NCc1ccccc1.I. The van der Waals surface area contributed by atoms with Crippen LogP contribution in [0.1, 0.15) is 24.8 Å². The van der Waals surface area contributed by atoms with Crippen molar-refractivity contribution in [3.63, 3.8) is 0 Å². The summed E-state index contributed by atoms with van der Waals surface area (Å²) in [5.41, 5.74) is 1.24. The summed E-state index contributed by atoms with van der Waals surface area (Å²) in [4.78, 5) is 4.23. The fraction of sp³-hybridized carbons (Fsp3) is 0.588. The summed E-state index contributed by atoms with van der Waals surface area (Å²) in [6.45, 7) is 4.09. The molecule has 0 spiro atoms. The normalized spacial score (nSPS) is 15.8. The molecule has 1 saturated heterocycles. The van der Waals surface area contributed by atoms with E-state index in [2.05, 4.69) is 27.8 Å². The van der Waals surface area contributed by atoms with Gasteiger partial charge in [0.2, 0.25) is 0 Å². The number of aliphatic imine (C=N–C) groups is 1. The number of guanidine groups is 1. The Labute approximate surface area is 156 Å². The van der Waals surface area contributed by atoms with Crippen LogP contribution in [0.25, 0.3) is 0 Å². The standard InChI is InChI=1S/C17H27N3O2.HI/c1-18-17(20-14-15-6-3-2-4-7-15)19-10-5-11-22-16-8-12-21-13-9-16;/h2-4,6-7,16H,5,8-14H2,1H3,(H2,18,19,20);1H. The Morgan fingerprint density at radius 2 is 1.96 bits per heavy atom. The summed E-state index contributed by atoms with van der Waals surface area (Å²) in [5.74, 6) is 0.829. The van der Waals surface area contributed by atoms with Gasteiger partial charge in [0.05, 0.1) is 6.10 Å². The van der Waals surface area contributed by atoms with E-state index < -0.39 is 0 Å². The van der Waals surface area contributed by atoms with Gasteiger partial charge in [0.1, 0.15) is 0 Å². The molecule has 1 aromatic rings. The zero-order valence-electron chi connectivity index (χ0n) is 13.8. The van der Waals surface area contributed by atoms with Crippen LogP contribution in [0.3, 0.4) is 0 Å². The van der Waals surface area contributed by atoms with E-state index in [0.29, 0.717) is 6.10 Å². The molecule has 0 saturated carbocycles. The predicted octanol–water partition coefficient (Wildman–Crippen LogP) is 2.56. The lowest BCUT2D eigenvalue weighted by Crippen LogP contribution is -2.37. The van der Waals surface area contributed by atoms with Gasteiger partial charge in [-0.3, -0.25) is 4.99 Å². The molecule has 130 valence electrons. The van der Waals surface area contributed by atoms with Crippen LogP contribution in [0.15, 0.2) is 35.3 Å². The van der Waals surface area contributed by atoms with Crippen molar-refractivity contribution in [3.05, 3.63) is 35.9 Å². The molecule has 6 heteroatoms. The van der Waals surface area contributed by atoms with E-state index in [4.69, 9.17) is 9.47 Å². The van der Waals surface area contributed by atoms with E-state index >= 15 is 0 Å². The molecule has 0 radical (unpaired) electrons. The number of rotatable bonds is 7. The van der Waals surface area contributed by atoms with Crippen molar-refractivity contribution in [2.75, 3.05) is 33.4 Å². The smallest absolute Gasteiger partial charge is 0.191 e. The summed E-state index contributed by atoms with van der Waals surface area (Å²) >= 11 is 0. The minimum atomic E-state index is 0.